The lowest BCUT2D eigenvalue weighted by atomic mass is 9.94. The molecule has 0 spiro atoms. The molecule has 0 aromatic carbocycles. The number of hydrogen-bond acceptors (Lipinski definition) is 4. The molecule has 1 aliphatic rings. The largest absolute Gasteiger partial charge is 0.409 e. The fourth-order valence-electron chi connectivity index (χ4n) is 2.33. The molecule has 0 saturated heterocycles. The average molecular weight is 243 g/mol. The summed E-state index contributed by atoms with van der Waals surface area (Å²) >= 11 is 0. The molecule has 0 heterocycles. The SMILES string of the molecule is NC(CCCNCC1(O)CCCCCC1)=NO. The summed E-state index contributed by atoms with van der Waals surface area (Å²) in [6, 6.07) is 0. The highest BCUT2D eigenvalue weighted by Crippen LogP contribution is 2.26. The maximum absolute atomic E-state index is 10.4. The molecular formula is C12H25N3O2. The van der Waals surface area contributed by atoms with E-state index >= 15 is 0 Å². The number of amidine groups is 1. The van der Waals surface area contributed by atoms with Gasteiger partial charge in [0.2, 0.25) is 0 Å². The van der Waals surface area contributed by atoms with E-state index in [0.29, 0.717) is 13.0 Å². The van der Waals surface area contributed by atoms with E-state index in [1.165, 1.54) is 12.8 Å². The summed E-state index contributed by atoms with van der Waals surface area (Å²) in [4.78, 5) is 0. The smallest absolute Gasteiger partial charge is 0.139 e. The molecule has 1 fully saturated rings. The highest BCUT2D eigenvalue weighted by Gasteiger charge is 2.26. The summed E-state index contributed by atoms with van der Waals surface area (Å²) in [6.45, 7) is 1.45. The quantitative estimate of drug-likeness (QED) is 0.141. The first kappa shape index (κ1) is 14.3. The first-order chi connectivity index (χ1) is 8.16. The molecule has 1 rings (SSSR count). The summed E-state index contributed by atoms with van der Waals surface area (Å²) < 4.78 is 0. The monoisotopic (exact) mass is 243 g/mol. The van der Waals surface area contributed by atoms with Gasteiger partial charge in [-0.1, -0.05) is 30.8 Å². The Hall–Kier alpha value is -0.810. The molecule has 0 radical (unpaired) electrons. The number of nitrogens with two attached hydrogens (primary N) is 1. The molecule has 0 atom stereocenters. The van der Waals surface area contributed by atoms with E-state index in [4.69, 9.17) is 10.9 Å². The van der Waals surface area contributed by atoms with Crippen LogP contribution in [0, 0.1) is 0 Å². The van der Waals surface area contributed by atoms with Crippen molar-refractivity contribution in [2.45, 2.75) is 57.0 Å². The van der Waals surface area contributed by atoms with Crippen LogP contribution in [0.3, 0.4) is 0 Å². The van der Waals surface area contributed by atoms with Crippen molar-refractivity contribution < 1.29 is 10.3 Å². The van der Waals surface area contributed by atoms with E-state index in [1.807, 2.05) is 0 Å². The van der Waals surface area contributed by atoms with Crippen LogP contribution in [0.1, 0.15) is 51.4 Å². The number of oxime groups is 1. The van der Waals surface area contributed by atoms with Gasteiger partial charge >= 0.3 is 0 Å². The van der Waals surface area contributed by atoms with Crippen LogP contribution in [-0.4, -0.2) is 34.8 Å². The lowest BCUT2D eigenvalue weighted by molar-refractivity contribution is 0.0255. The van der Waals surface area contributed by atoms with E-state index in [1.54, 1.807) is 0 Å². The van der Waals surface area contributed by atoms with Crippen molar-refractivity contribution in [3.63, 3.8) is 0 Å². The predicted octanol–water partition coefficient (Wildman–Crippen LogP) is 1.19. The van der Waals surface area contributed by atoms with Crippen molar-refractivity contribution in [2.75, 3.05) is 13.1 Å². The molecule has 5 heteroatoms. The van der Waals surface area contributed by atoms with Gasteiger partial charge in [-0.2, -0.15) is 0 Å². The van der Waals surface area contributed by atoms with Gasteiger partial charge in [0.15, 0.2) is 0 Å². The van der Waals surface area contributed by atoms with Crippen LogP contribution in [-0.2, 0) is 0 Å². The summed E-state index contributed by atoms with van der Waals surface area (Å²) in [7, 11) is 0. The summed E-state index contributed by atoms with van der Waals surface area (Å²) in [5.41, 5.74) is 4.85. The predicted molar refractivity (Wildman–Crippen MR) is 68.2 cm³/mol. The zero-order valence-corrected chi connectivity index (χ0v) is 10.5. The summed E-state index contributed by atoms with van der Waals surface area (Å²) in [5, 5.41) is 24.9. The molecule has 0 aliphatic heterocycles. The van der Waals surface area contributed by atoms with Gasteiger partial charge in [0, 0.05) is 13.0 Å². The molecule has 100 valence electrons. The second-order valence-electron chi connectivity index (χ2n) is 5.01. The molecule has 1 saturated carbocycles. The average Bonchev–Trinajstić information content (AvgIpc) is 2.54. The molecule has 5 N–H and O–H groups in total. The Morgan fingerprint density at radius 3 is 2.47 bits per heavy atom. The Balaban J connectivity index is 2.12. The van der Waals surface area contributed by atoms with Crippen LogP contribution < -0.4 is 11.1 Å². The fourth-order valence-corrected chi connectivity index (χ4v) is 2.33. The minimum Gasteiger partial charge on any atom is -0.409 e. The van der Waals surface area contributed by atoms with Crippen LogP contribution in [0.2, 0.25) is 0 Å². The number of hydrogen-bond donors (Lipinski definition) is 4. The molecule has 5 nitrogen and oxygen atoms in total. The van der Waals surface area contributed by atoms with Gasteiger partial charge in [-0.3, -0.25) is 0 Å². The van der Waals surface area contributed by atoms with Crippen molar-refractivity contribution >= 4 is 5.84 Å². The Morgan fingerprint density at radius 2 is 1.88 bits per heavy atom. The van der Waals surface area contributed by atoms with E-state index < -0.39 is 5.60 Å². The topological polar surface area (TPSA) is 90.9 Å². The molecular weight excluding hydrogens is 218 g/mol. The third-order valence-corrected chi connectivity index (χ3v) is 3.40. The summed E-state index contributed by atoms with van der Waals surface area (Å²) in [6.07, 6.45) is 7.95. The second kappa shape index (κ2) is 7.50. The highest BCUT2D eigenvalue weighted by atomic mass is 16.4. The number of rotatable bonds is 6. The van der Waals surface area contributed by atoms with Gasteiger partial charge in [-0.15, -0.1) is 0 Å². The number of aliphatic hydroxyl groups is 1. The summed E-state index contributed by atoms with van der Waals surface area (Å²) in [5.74, 6) is 0.264. The van der Waals surface area contributed by atoms with Gasteiger partial charge in [0.05, 0.1) is 5.60 Å². The fraction of sp³-hybridized carbons (Fsp3) is 0.917. The molecule has 1 aliphatic carbocycles. The minimum absolute atomic E-state index is 0.264. The van der Waals surface area contributed by atoms with Crippen LogP contribution in [0.5, 0.6) is 0 Å². The van der Waals surface area contributed by atoms with E-state index in [9.17, 15) is 5.11 Å². The normalized spacial score (nSPS) is 21.1. The van der Waals surface area contributed by atoms with Crippen molar-refractivity contribution in [1.82, 2.24) is 5.32 Å². The van der Waals surface area contributed by atoms with Crippen molar-refractivity contribution in [3.05, 3.63) is 0 Å². The van der Waals surface area contributed by atoms with Crippen molar-refractivity contribution in [2.24, 2.45) is 10.9 Å². The third kappa shape index (κ3) is 5.89. The Morgan fingerprint density at radius 1 is 1.24 bits per heavy atom. The van der Waals surface area contributed by atoms with Crippen LogP contribution in [0.4, 0.5) is 0 Å². The first-order valence-corrected chi connectivity index (χ1v) is 6.56. The zero-order chi connectivity index (χ0) is 12.6. The standard InChI is InChI=1S/C12H25N3O2/c13-11(15-17)6-5-9-14-10-12(16)7-3-1-2-4-8-12/h14,16-17H,1-10H2,(H2,13,15). The van der Waals surface area contributed by atoms with Gasteiger partial charge in [0.1, 0.15) is 5.84 Å². The minimum atomic E-state index is -0.521. The molecule has 0 bridgehead atoms. The molecule has 0 unspecified atom stereocenters. The molecule has 0 amide bonds. The van der Waals surface area contributed by atoms with Crippen LogP contribution >= 0.6 is 0 Å². The van der Waals surface area contributed by atoms with Crippen LogP contribution in [0.25, 0.3) is 0 Å². The molecule has 17 heavy (non-hydrogen) atoms. The zero-order valence-electron chi connectivity index (χ0n) is 10.5. The van der Waals surface area contributed by atoms with Crippen LogP contribution in [0.15, 0.2) is 5.16 Å². The van der Waals surface area contributed by atoms with Gasteiger partial charge in [-0.05, 0) is 25.8 Å². The molecule has 0 aromatic heterocycles. The number of nitrogens with one attached hydrogen (secondary N) is 1. The Labute approximate surface area is 103 Å². The van der Waals surface area contributed by atoms with Gasteiger partial charge in [0.25, 0.3) is 0 Å². The van der Waals surface area contributed by atoms with E-state index in [0.717, 1.165) is 38.6 Å². The van der Waals surface area contributed by atoms with Crippen molar-refractivity contribution in [3.8, 4) is 0 Å². The van der Waals surface area contributed by atoms with E-state index in [2.05, 4.69) is 10.5 Å². The lowest BCUT2D eigenvalue weighted by Gasteiger charge is -2.26. The highest BCUT2D eigenvalue weighted by molar-refractivity contribution is 5.79. The van der Waals surface area contributed by atoms with Gasteiger partial charge in [-0.25, -0.2) is 0 Å². The van der Waals surface area contributed by atoms with E-state index in [-0.39, 0.29) is 5.84 Å². The Kier molecular flexibility index (Phi) is 6.29. The maximum Gasteiger partial charge on any atom is 0.139 e. The second-order valence-corrected chi connectivity index (χ2v) is 5.01. The maximum atomic E-state index is 10.4. The molecule has 0 aromatic rings. The lowest BCUT2D eigenvalue weighted by Crippen LogP contribution is -2.40. The van der Waals surface area contributed by atoms with Crippen molar-refractivity contribution in [1.29, 1.82) is 0 Å². The first-order valence-electron chi connectivity index (χ1n) is 6.56. The van der Waals surface area contributed by atoms with Gasteiger partial charge < -0.3 is 21.4 Å². The number of nitrogens with zero attached hydrogens (tertiary/aromatic N) is 1. The Bertz CT molecular complexity index is 236. The third-order valence-electron chi connectivity index (χ3n) is 3.40.